The maximum atomic E-state index is 11.7. The molecule has 1 aliphatic heterocycles. The third-order valence-electron chi connectivity index (χ3n) is 4.12. The van der Waals surface area contributed by atoms with Gasteiger partial charge in [0.25, 0.3) is 0 Å². The Labute approximate surface area is 127 Å². The molecule has 0 bridgehead atoms. The Morgan fingerprint density at radius 1 is 1.33 bits per heavy atom. The van der Waals surface area contributed by atoms with Gasteiger partial charge in [0.05, 0.1) is 12.5 Å². The Morgan fingerprint density at radius 2 is 2.14 bits per heavy atom. The zero-order valence-electron chi connectivity index (χ0n) is 13.1. The van der Waals surface area contributed by atoms with Crippen molar-refractivity contribution in [1.82, 2.24) is 5.32 Å². The maximum absolute atomic E-state index is 11.7. The summed E-state index contributed by atoms with van der Waals surface area (Å²) in [5.41, 5.74) is 2.90. The average molecular weight is 290 g/mol. The van der Waals surface area contributed by atoms with Gasteiger partial charge in [-0.05, 0) is 43.1 Å². The number of nitrogens with zero attached hydrogens (tertiary/aromatic N) is 1. The van der Waals surface area contributed by atoms with Crippen LogP contribution >= 0.6 is 0 Å². The van der Waals surface area contributed by atoms with Crippen LogP contribution in [0.25, 0.3) is 0 Å². The van der Waals surface area contributed by atoms with Crippen LogP contribution in [0.4, 0.5) is 5.69 Å². The van der Waals surface area contributed by atoms with E-state index in [1.54, 1.807) is 11.9 Å². The lowest BCUT2D eigenvalue weighted by molar-refractivity contribution is -0.117. The number of anilines is 1. The van der Waals surface area contributed by atoms with Crippen LogP contribution in [0.5, 0.6) is 0 Å². The number of carbonyl (C=O) groups is 1. The van der Waals surface area contributed by atoms with Crippen molar-refractivity contribution in [2.45, 2.75) is 45.1 Å². The fourth-order valence-corrected chi connectivity index (χ4v) is 2.73. The molecule has 1 heterocycles. The Kier molecular flexibility index (Phi) is 5.76. The number of hydrogen-bond donors (Lipinski definition) is 2. The zero-order valence-corrected chi connectivity index (χ0v) is 13.1. The molecule has 0 saturated carbocycles. The molecule has 1 amide bonds. The number of nitrogens with one attached hydrogen (secondary N) is 1. The number of carbonyl (C=O) groups excluding carboxylic acids is 1. The van der Waals surface area contributed by atoms with Gasteiger partial charge in [0, 0.05) is 12.7 Å². The van der Waals surface area contributed by atoms with Crippen molar-refractivity contribution in [2.75, 3.05) is 25.0 Å². The molecular weight excluding hydrogens is 264 g/mol. The van der Waals surface area contributed by atoms with Crippen molar-refractivity contribution in [1.29, 1.82) is 0 Å². The standard InChI is InChI=1S/C17H26N2O2/c1-3-4-5-9-18-10-8-16(20)13-6-7-15-14(11-13)12-17(21)19(15)2/h6-7,11,16,18,20H,3-5,8-10,12H2,1-2H3. The minimum Gasteiger partial charge on any atom is -0.388 e. The fourth-order valence-electron chi connectivity index (χ4n) is 2.73. The lowest BCUT2D eigenvalue weighted by Gasteiger charge is -2.14. The summed E-state index contributed by atoms with van der Waals surface area (Å²) in [6.07, 6.45) is 4.36. The second kappa shape index (κ2) is 7.57. The molecule has 116 valence electrons. The van der Waals surface area contributed by atoms with Crippen LogP contribution in [0, 0.1) is 0 Å². The predicted octanol–water partition coefficient (Wildman–Crippen LogP) is 2.41. The quantitative estimate of drug-likeness (QED) is 0.723. The highest BCUT2D eigenvalue weighted by molar-refractivity contribution is 6.00. The van der Waals surface area contributed by atoms with E-state index in [2.05, 4.69) is 12.2 Å². The SMILES string of the molecule is CCCCCNCCC(O)c1ccc2c(c1)CC(=O)N2C. The van der Waals surface area contributed by atoms with Crippen molar-refractivity contribution < 1.29 is 9.90 Å². The van der Waals surface area contributed by atoms with E-state index in [9.17, 15) is 9.90 Å². The minimum atomic E-state index is -0.463. The van der Waals surface area contributed by atoms with Gasteiger partial charge < -0.3 is 15.3 Å². The lowest BCUT2D eigenvalue weighted by atomic mass is 10.0. The molecule has 1 aromatic rings. The van der Waals surface area contributed by atoms with Crippen molar-refractivity contribution in [3.8, 4) is 0 Å². The molecule has 0 radical (unpaired) electrons. The van der Waals surface area contributed by atoms with Crippen molar-refractivity contribution >= 4 is 11.6 Å². The highest BCUT2D eigenvalue weighted by Gasteiger charge is 2.24. The van der Waals surface area contributed by atoms with Gasteiger partial charge in [-0.15, -0.1) is 0 Å². The van der Waals surface area contributed by atoms with Crippen LogP contribution in [0.2, 0.25) is 0 Å². The number of hydrogen-bond acceptors (Lipinski definition) is 3. The van der Waals surface area contributed by atoms with Gasteiger partial charge in [0.2, 0.25) is 5.91 Å². The fraction of sp³-hybridized carbons (Fsp3) is 0.588. The first-order chi connectivity index (χ1) is 10.1. The molecule has 1 aromatic carbocycles. The molecule has 0 spiro atoms. The van der Waals surface area contributed by atoms with Crippen LogP contribution in [0.1, 0.15) is 49.8 Å². The Bertz CT molecular complexity index is 488. The largest absolute Gasteiger partial charge is 0.388 e. The molecule has 4 nitrogen and oxygen atoms in total. The molecule has 2 rings (SSSR count). The molecule has 0 aromatic heterocycles. The van der Waals surface area contributed by atoms with Gasteiger partial charge in [0.15, 0.2) is 0 Å². The number of aliphatic hydroxyl groups is 1. The predicted molar refractivity (Wildman–Crippen MR) is 85.5 cm³/mol. The average Bonchev–Trinajstić information content (AvgIpc) is 2.77. The summed E-state index contributed by atoms with van der Waals surface area (Å²) in [4.78, 5) is 13.3. The molecule has 0 saturated heterocycles. The van der Waals surface area contributed by atoms with Gasteiger partial charge in [-0.25, -0.2) is 0 Å². The van der Waals surface area contributed by atoms with Crippen LogP contribution in [-0.4, -0.2) is 31.2 Å². The van der Waals surface area contributed by atoms with Crippen LogP contribution in [-0.2, 0) is 11.2 Å². The highest BCUT2D eigenvalue weighted by Crippen LogP contribution is 2.30. The highest BCUT2D eigenvalue weighted by atomic mass is 16.3. The van der Waals surface area contributed by atoms with E-state index in [-0.39, 0.29) is 5.91 Å². The molecule has 2 N–H and O–H groups in total. The lowest BCUT2D eigenvalue weighted by Crippen LogP contribution is -2.20. The summed E-state index contributed by atoms with van der Waals surface area (Å²) in [7, 11) is 1.80. The number of benzene rings is 1. The van der Waals surface area contributed by atoms with Gasteiger partial charge in [-0.2, -0.15) is 0 Å². The zero-order chi connectivity index (χ0) is 15.2. The van der Waals surface area contributed by atoms with E-state index >= 15 is 0 Å². The topological polar surface area (TPSA) is 52.6 Å². The maximum Gasteiger partial charge on any atom is 0.231 e. The minimum absolute atomic E-state index is 0.120. The summed E-state index contributed by atoms with van der Waals surface area (Å²) < 4.78 is 0. The molecule has 1 atom stereocenters. The Balaban J connectivity index is 1.82. The van der Waals surface area contributed by atoms with E-state index in [1.165, 1.54) is 19.3 Å². The normalized spacial score (nSPS) is 15.4. The number of aliphatic hydroxyl groups excluding tert-OH is 1. The van der Waals surface area contributed by atoms with E-state index < -0.39 is 6.10 Å². The monoisotopic (exact) mass is 290 g/mol. The Morgan fingerprint density at radius 3 is 2.90 bits per heavy atom. The van der Waals surface area contributed by atoms with Gasteiger partial charge in [0.1, 0.15) is 0 Å². The summed E-state index contributed by atoms with van der Waals surface area (Å²) >= 11 is 0. The summed E-state index contributed by atoms with van der Waals surface area (Å²) in [5, 5.41) is 13.6. The van der Waals surface area contributed by atoms with E-state index in [4.69, 9.17) is 0 Å². The summed E-state index contributed by atoms with van der Waals surface area (Å²) in [6, 6.07) is 5.83. The third-order valence-corrected chi connectivity index (χ3v) is 4.12. The number of amides is 1. The number of likely N-dealkylation sites (N-methyl/N-ethyl adjacent to an activating group) is 1. The van der Waals surface area contributed by atoms with Crippen molar-refractivity contribution in [3.05, 3.63) is 29.3 Å². The van der Waals surface area contributed by atoms with Crippen LogP contribution in [0.15, 0.2) is 18.2 Å². The molecule has 1 unspecified atom stereocenters. The first-order valence-corrected chi connectivity index (χ1v) is 7.91. The molecule has 21 heavy (non-hydrogen) atoms. The Hall–Kier alpha value is -1.39. The third kappa shape index (κ3) is 4.05. The molecule has 0 aliphatic carbocycles. The number of unbranched alkanes of at least 4 members (excludes halogenated alkanes) is 2. The van der Waals surface area contributed by atoms with Crippen molar-refractivity contribution in [3.63, 3.8) is 0 Å². The van der Waals surface area contributed by atoms with Crippen LogP contribution < -0.4 is 10.2 Å². The van der Waals surface area contributed by atoms with E-state index in [1.807, 2.05) is 18.2 Å². The second-order valence-electron chi connectivity index (χ2n) is 5.78. The molecule has 1 aliphatic rings. The molecular formula is C17H26N2O2. The van der Waals surface area contributed by atoms with Gasteiger partial charge in [-0.1, -0.05) is 31.9 Å². The summed E-state index contributed by atoms with van der Waals surface area (Å²) in [6.45, 7) is 4.03. The van der Waals surface area contributed by atoms with Gasteiger partial charge >= 0.3 is 0 Å². The number of rotatable bonds is 8. The van der Waals surface area contributed by atoms with Gasteiger partial charge in [-0.3, -0.25) is 4.79 Å². The van der Waals surface area contributed by atoms with Crippen molar-refractivity contribution in [2.24, 2.45) is 0 Å². The first-order valence-electron chi connectivity index (χ1n) is 7.91. The molecule has 4 heteroatoms. The number of fused-ring (bicyclic) bond motifs is 1. The van der Waals surface area contributed by atoms with E-state index in [0.29, 0.717) is 12.8 Å². The van der Waals surface area contributed by atoms with E-state index in [0.717, 1.165) is 29.9 Å². The summed E-state index contributed by atoms with van der Waals surface area (Å²) in [5.74, 6) is 0.120. The second-order valence-corrected chi connectivity index (χ2v) is 5.78. The van der Waals surface area contributed by atoms with Crippen LogP contribution in [0.3, 0.4) is 0 Å². The molecule has 0 fully saturated rings. The smallest absolute Gasteiger partial charge is 0.231 e. The first kappa shape index (κ1) is 16.0.